The Kier molecular flexibility index (Phi) is 2.28. The molecule has 5 heteroatoms. The zero-order valence-corrected chi connectivity index (χ0v) is 7.57. The summed E-state index contributed by atoms with van der Waals surface area (Å²) in [5.41, 5.74) is 5.93. The van der Waals surface area contributed by atoms with E-state index in [4.69, 9.17) is 10.8 Å². The van der Waals surface area contributed by atoms with Gasteiger partial charge in [0, 0.05) is 6.20 Å². The highest BCUT2D eigenvalue weighted by atomic mass is 127. The minimum absolute atomic E-state index is 0.114. The summed E-state index contributed by atoms with van der Waals surface area (Å²) in [6.45, 7) is 0. The molecule has 0 spiro atoms. The van der Waals surface area contributed by atoms with Crippen molar-refractivity contribution < 1.29 is 9.90 Å². The molecule has 1 heterocycles. The van der Waals surface area contributed by atoms with E-state index in [-0.39, 0.29) is 5.56 Å². The van der Waals surface area contributed by atoms with Gasteiger partial charge < -0.3 is 10.8 Å². The Morgan fingerprint density at radius 3 is 2.82 bits per heavy atom. The Morgan fingerprint density at radius 2 is 2.36 bits per heavy atom. The summed E-state index contributed by atoms with van der Waals surface area (Å²) in [6, 6.07) is 1.39. The third-order valence-electron chi connectivity index (χ3n) is 1.11. The van der Waals surface area contributed by atoms with Gasteiger partial charge in [-0.15, -0.1) is 0 Å². The third kappa shape index (κ3) is 1.79. The van der Waals surface area contributed by atoms with E-state index in [0.29, 0.717) is 9.39 Å². The van der Waals surface area contributed by atoms with Crippen molar-refractivity contribution >= 4 is 34.2 Å². The van der Waals surface area contributed by atoms with E-state index in [9.17, 15) is 4.79 Å². The number of carboxylic acid groups (broad SMARTS) is 1. The van der Waals surface area contributed by atoms with Crippen LogP contribution in [0.4, 0.5) is 5.69 Å². The topological polar surface area (TPSA) is 76.2 Å². The van der Waals surface area contributed by atoms with Crippen LogP contribution in [-0.2, 0) is 0 Å². The van der Waals surface area contributed by atoms with Gasteiger partial charge in [-0.25, -0.2) is 9.78 Å². The highest BCUT2D eigenvalue weighted by Crippen LogP contribution is 2.12. The number of carboxylic acids is 1. The molecule has 0 aromatic carbocycles. The third-order valence-corrected chi connectivity index (χ3v) is 2.01. The molecule has 0 fully saturated rings. The number of anilines is 1. The fourth-order valence-corrected chi connectivity index (χ4v) is 0.877. The van der Waals surface area contributed by atoms with Crippen molar-refractivity contribution in [3.05, 3.63) is 21.5 Å². The van der Waals surface area contributed by atoms with E-state index in [1.165, 1.54) is 12.3 Å². The quantitative estimate of drug-likeness (QED) is 0.585. The molecule has 1 aromatic heterocycles. The average Bonchev–Trinajstić information content (AvgIpc) is 1.94. The van der Waals surface area contributed by atoms with Crippen molar-refractivity contribution in [1.29, 1.82) is 0 Å². The van der Waals surface area contributed by atoms with Crippen molar-refractivity contribution in [3.8, 4) is 0 Å². The molecule has 11 heavy (non-hydrogen) atoms. The van der Waals surface area contributed by atoms with Crippen LogP contribution < -0.4 is 5.73 Å². The molecule has 0 unspecified atom stereocenters. The first-order valence-electron chi connectivity index (χ1n) is 2.75. The molecule has 0 radical (unpaired) electrons. The molecule has 3 N–H and O–H groups in total. The SMILES string of the molecule is Nc1cc(C(=O)O)cnc1I. The molecule has 0 amide bonds. The summed E-state index contributed by atoms with van der Waals surface area (Å²) in [6.07, 6.45) is 1.28. The number of halogens is 1. The monoisotopic (exact) mass is 264 g/mol. The predicted octanol–water partition coefficient (Wildman–Crippen LogP) is 0.967. The van der Waals surface area contributed by atoms with Crippen molar-refractivity contribution in [2.24, 2.45) is 0 Å². The van der Waals surface area contributed by atoms with Crippen molar-refractivity contribution in [3.63, 3.8) is 0 Å². The van der Waals surface area contributed by atoms with Crippen LogP contribution in [0.2, 0.25) is 0 Å². The largest absolute Gasteiger partial charge is 0.478 e. The lowest BCUT2D eigenvalue weighted by atomic mass is 10.3. The normalized spacial score (nSPS) is 9.55. The Labute approximate surface area is 76.6 Å². The Morgan fingerprint density at radius 1 is 1.73 bits per heavy atom. The molecule has 0 saturated carbocycles. The zero-order chi connectivity index (χ0) is 8.43. The molecule has 58 valence electrons. The summed E-state index contributed by atoms with van der Waals surface area (Å²) in [5, 5.41) is 8.50. The Bertz CT molecular complexity index is 301. The molecule has 1 rings (SSSR count). The van der Waals surface area contributed by atoms with Gasteiger partial charge in [0.15, 0.2) is 0 Å². The summed E-state index contributed by atoms with van der Waals surface area (Å²) in [5.74, 6) is -1.01. The molecular formula is C6H5IN2O2. The van der Waals surface area contributed by atoms with Crippen LogP contribution in [0, 0.1) is 3.70 Å². The summed E-state index contributed by atoms with van der Waals surface area (Å²) < 4.78 is 0.618. The number of carbonyl (C=O) groups is 1. The van der Waals surface area contributed by atoms with Gasteiger partial charge in [-0.05, 0) is 28.7 Å². The van der Waals surface area contributed by atoms with E-state index >= 15 is 0 Å². The number of aromatic nitrogens is 1. The minimum atomic E-state index is -1.01. The van der Waals surface area contributed by atoms with E-state index in [1.54, 1.807) is 0 Å². The van der Waals surface area contributed by atoms with E-state index < -0.39 is 5.97 Å². The number of nitrogens with two attached hydrogens (primary N) is 1. The number of hydrogen-bond donors (Lipinski definition) is 2. The summed E-state index contributed by atoms with van der Waals surface area (Å²) in [7, 11) is 0. The van der Waals surface area contributed by atoms with Crippen LogP contribution in [0.1, 0.15) is 10.4 Å². The maximum absolute atomic E-state index is 10.4. The van der Waals surface area contributed by atoms with Crippen molar-refractivity contribution in [2.75, 3.05) is 5.73 Å². The second-order valence-electron chi connectivity index (χ2n) is 1.91. The van der Waals surface area contributed by atoms with E-state index in [1.807, 2.05) is 22.6 Å². The Balaban J connectivity index is 3.15. The first-order valence-corrected chi connectivity index (χ1v) is 3.83. The van der Waals surface area contributed by atoms with Gasteiger partial charge in [-0.2, -0.15) is 0 Å². The highest BCUT2D eigenvalue weighted by molar-refractivity contribution is 14.1. The number of hydrogen-bond acceptors (Lipinski definition) is 3. The van der Waals surface area contributed by atoms with Gasteiger partial charge in [0.05, 0.1) is 11.3 Å². The summed E-state index contributed by atoms with van der Waals surface area (Å²) in [4.78, 5) is 14.1. The first-order chi connectivity index (χ1) is 5.11. The van der Waals surface area contributed by atoms with Crippen LogP contribution in [-0.4, -0.2) is 16.1 Å². The molecule has 0 aliphatic rings. The number of nitrogen functional groups attached to an aromatic ring is 1. The number of rotatable bonds is 1. The smallest absolute Gasteiger partial charge is 0.337 e. The number of aromatic carboxylic acids is 1. The highest BCUT2D eigenvalue weighted by Gasteiger charge is 2.04. The number of pyridine rings is 1. The van der Waals surface area contributed by atoms with Gasteiger partial charge in [0.1, 0.15) is 3.70 Å². The standard InChI is InChI=1S/C6H5IN2O2/c7-5-4(8)1-3(2-9-5)6(10)11/h1-2H,8H2,(H,10,11). The maximum Gasteiger partial charge on any atom is 0.337 e. The Hall–Kier alpha value is -0.850. The van der Waals surface area contributed by atoms with E-state index in [2.05, 4.69) is 4.98 Å². The van der Waals surface area contributed by atoms with Crippen molar-refractivity contribution in [2.45, 2.75) is 0 Å². The van der Waals surface area contributed by atoms with Crippen molar-refractivity contribution in [1.82, 2.24) is 4.98 Å². The lowest BCUT2D eigenvalue weighted by molar-refractivity contribution is 0.0696. The fourth-order valence-electron chi connectivity index (χ4n) is 0.582. The van der Waals surface area contributed by atoms with Gasteiger partial charge in [0.25, 0.3) is 0 Å². The lowest BCUT2D eigenvalue weighted by Gasteiger charge is -1.97. The second-order valence-corrected chi connectivity index (χ2v) is 2.93. The van der Waals surface area contributed by atoms with Crippen LogP contribution in [0.25, 0.3) is 0 Å². The molecule has 4 nitrogen and oxygen atoms in total. The maximum atomic E-state index is 10.4. The molecule has 1 aromatic rings. The first kappa shape index (κ1) is 8.25. The van der Waals surface area contributed by atoms with Gasteiger partial charge in [-0.1, -0.05) is 0 Å². The zero-order valence-electron chi connectivity index (χ0n) is 5.41. The number of nitrogens with zero attached hydrogens (tertiary/aromatic N) is 1. The molecule has 0 aliphatic heterocycles. The minimum Gasteiger partial charge on any atom is -0.478 e. The van der Waals surface area contributed by atoms with Gasteiger partial charge in [0.2, 0.25) is 0 Å². The molecule has 0 atom stereocenters. The molecule has 0 bridgehead atoms. The lowest BCUT2D eigenvalue weighted by Crippen LogP contribution is -2.01. The summed E-state index contributed by atoms with van der Waals surface area (Å²) >= 11 is 1.94. The van der Waals surface area contributed by atoms with Crippen LogP contribution in [0.15, 0.2) is 12.3 Å². The fraction of sp³-hybridized carbons (Fsp3) is 0. The predicted molar refractivity (Wildman–Crippen MR) is 48.3 cm³/mol. The van der Waals surface area contributed by atoms with Gasteiger partial charge >= 0.3 is 5.97 Å². The van der Waals surface area contributed by atoms with Crippen LogP contribution in [0.5, 0.6) is 0 Å². The van der Waals surface area contributed by atoms with Crippen LogP contribution in [0.3, 0.4) is 0 Å². The molecule has 0 saturated heterocycles. The average molecular weight is 264 g/mol. The van der Waals surface area contributed by atoms with Gasteiger partial charge in [-0.3, -0.25) is 0 Å². The molecule has 0 aliphatic carbocycles. The second kappa shape index (κ2) is 3.04. The molecular weight excluding hydrogens is 259 g/mol. The van der Waals surface area contributed by atoms with Crippen LogP contribution >= 0.6 is 22.6 Å². The van der Waals surface area contributed by atoms with E-state index in [0.717, 1.165) is 0 Å².